The number of amides is 1. The number of aromatic amines is 1. The van der Waals surface area contributed by atoms with Gasteiger partial charge in [0.15, 0.2) is 0 Å². The minimum absolute atomic E-state index is 0.0994. The Morgan fingerprint density at radius 3 is 1.95 bits per heavy atom. The van der Waals surface area contributed by atoms with Crippen molar-refractivity contribution in [1.29, 1.82) is 0 Å². The van der Waals surface area contributed by atoms with Gasteiger partial charge in [0.05, 0.1) is 26.9 Å². The number of H-pyrrole nitrogens is 1. The number of rotatable bonds is 7. The summed E-state index contributed by atoms with van der Waals surface area (Å²) in [7, 11) is 1.21. The number of methoxy groups -OCH3 is 1. The Morgan fingerprint density at radius 2 is 1.60 bits per heavy atom. The monoisotopic (exact) mass is 606 g/mol. The molecule has 0 radical (unpaired) electrons. The summed E-state index contributed by atoms with van der Waals surface area (Å²) in [6, 6.07) is 5.72. The quantitative estimate of drug-likeness (QED) is 0.130. The zero-order valence-corrected chi connectivity index (χ0v) is 25.4. The van der Waals surface area contributed by atoms with E-state index in [2.05, 4.69) is 34.1 Å². The largest absolute Gasteiger partial charge is 0.513 e. The first-order chi connectivity index (χ1) is 19.8. The molecule has 228 valence electrons. The van der Waals surface area contributed by atoms with Gasteiger partial charge in [-0.1, -0.05) is 26.8 Å². The van der Waals surface area contributed by atoms with Crippen molar-refractivity contribution in [2.45, 2.75) is 47.0 Å². The van der Waals surface area contributed by atoms with Crippen molar-refractivity contribution >= 4 is 46.4 Å². The van der Waals surface area contributed by atoms with E-state index in [0.29, 0.717) is 11.2 Å². The number of esters is 2. The predicted octanol–water partition coefficient (Wildman–Crippen LogP) is 4.82. The first-order valence-electron chi connectivity index (χ1n) is 12.7. The number of fused-ring (bicyclic) bond motifs is 1. The van der Waals surface area contributed by atoms with Gasteiger partial charge in [-0.25, -0.2) is 19.1 Å². The molecule has 3 heterocycles. The van der Waals surface area contributed by atoms with Gasteiger partial charge in [0.25, 0.3) is 5.69 Å². The summed E-state index contributed by atoms with van der Waals surface area (Å²) >= 11 is 5.20. The molecule has 0 saturated heterocycles. The number of aromatic nitrogens is 4. The second-order valence-electron chi connectivity index (χ2n) is 9.17. The van der Waals surface area contributed by atoms with Crippen LogP contribution < -0.4 is 4.74 Å². The minimum atomic E-state index is -0.902. The highest BCUT2D eigenvalue weighted by Gasteiger charge is 2.26. The fraction of sp³-hybridized carbons (Fsp3) is 0.444. The molecular formula is C27H35ClN6O8. The molecule has 15 heteroatoms. The fourth-order valence-electron chi connectivity index (χ4n) is 3.01. The van der Waals surface area contributed by atoms with E-state index in [1.54, 1.807) is 33.2 Å². The van der Waals surface area contributed by atoms with Crippen LogP contribution in [0.5, 0.6) is 5.88 Å². The molecule has 0 spiro atoms. The van der Waals surface area contributed by atoms with E-state index < -0.39 is 23.5 Å². The molecule has 3 rings (SSSR count). The molecule has 0 aromatic carbocycles. The van der Waals surface area contributed by atoms with Crippen molar-refractivity contribution in [2.75, 3.05) is 33.4 Å². The lowest BCUT2D eigenvalue weighted by Crippen LogP contribution is -2.37. The standard InChI is InChI=1S/C13H16N4O3.C9H14ClNO5.C5H5N/c1-7-8(14-5)10(20-12(18)19-6)17-9(7)15-11(16-17)13(2,3)4;1-3-15-7(12)5-11(9(10)14)6-8(13)16-4-2;1-2-4-6-5-3-1/h1-4,6H3,(H,15,16);3-6H2,1-2H3;1-5H. The first kappa shape index (κ1) is 35.4. The highest BCUT2D eigenvalue weighted by Crippen LogP contribution is 2.37. The molecule has 0 unspecified atom stereocenters. The van der Waals surface area contributed by atoms with Crippen molar-refractivity contribution in [2.24, 2.45) is 0 Å². The van der Waals surface area contributed by atoms with E-state index >= 15 is 0 Å². The van der Waals surface area contributed by atoms with E-state index in [1.165, 1.54) is 11.6 Å². The molecule has 0 aliphatic heterocycles. The van der Waals surface area contributed by atoms with Crippen LogP contribution >= 0.6 is 11.6 Å². The Morgan fingerprint density at radius 1 is 1.05 bits per heavy atom. The van der Waals surface area contributed by atoms with E-state index in [9.17, 15) is 19.2 Å². The number of hydrogen-bond donors (Lipinski definition) is 1. The SMILES string of the molecule is CCOC(=O)CN(CC(=O)OCC)C(=O)Cl.[C-]#[N+]c1c(C)c2nc(C(C)(C)C)[nH]n2c1OC(=O)OC.c1ccncc1. The van der Waals surface area contributed by atoms with Crippen LogP contribution in [0.25, 0.3) is 10.5 Å². The van der Waals surface area contributed by atoms with Crippen LogP contribution in [0, 0.1) is 13.5 Å². The number of pyridine rings is 1. The van der Waals surface area contributed by atoms with Gasteiger partial charge in [-0.2, -0.15) is 0 Å². The minimum Gasteiger partial charge on any atom is -0.465 e. The summed E-state index contributed by atoms with van der Waals surface area (Å²) in [4.78, 5) is 56.9. The van der Waals surface area contributed by atoms with Gasteiger partial charge in [-0.3, -0.25) is 24.5 Å². The number of hydrogen-bond acceptors (Lipinski definition) is 10. The van der Waals surface area contributed by atoms with Gasteiger partial charge in [0.1, 0.15) is 24.6 Å². The van der Waals surface area contributed by atoms with Crippen LogP contribution in [0.1, 0.15) is 46.0 Å². The maximum Gasteiger partial charge on any atom is 0.513 e. The van der Waals surface area contributed by atoms with Gasteiger partial charge in [-0.05, 0) is 44.5 Å². The van der Waals surface area contributed by atoms with Crippen molar-refractivity contribution in [1.82, 2.24) is 24.5 Å². The van der Waals surface area contributed by atoms with Gasteiger partial charge >= 0.3 is 23.5 Å². The number of carbonyl (C=O) groups excluding carboxylic acids is 4. The molecule has 0 atom stereocenters. The number of ether oxygens (including phenoxy) is 4. The molecule has 0 aliphatic rings. The molecule has 0 aliphatic carbocycles. The molecule has 1 N–H and O–H groups in total. The van der Waals surface area contributed by atoms with Crippen LogP contribution in [-0.4, -0.2) is 81.4 Å². The Labute approximate surface area is 248 Å². The number of nitrogens with one attached hydrogen (secondary N) is 1. The van der Waals surface area contributed by atoms with Crippen LogP contribution in [0.3, 0.4) is 0 Å². The Hall–Kier alpha value is -4.64. The van der Waals surface area contributed by atoms with Crippen molar-refractivity contribution < 1.29 is 38.1 Å². The van der Waals surface area contributed by atoms with Crippen LogP contribution in [0.15, 0.2) is 30.6 Å². The summed E-state index contributed by atoms with van der Waals surface area (Å²) < 4.78 is 20.3. The lowest BCUT2D eigenvalue weighted by atomic mass is 9.96. The Bertz CT molecular complexity index is 1330. The molecular weight excluding hydrogens is 572 g/mol. The maximum absolute atomic E-state index is 11.3. The highest BCUT2D eigenvalue weighted by atomic mass is 35.5. The lowest BCUT2D eigenvalue weighted by Gasteiger charge is -2.17. The number of nitrogens with zero attached hydrogens (tertiary/aromatic N) is 5. The fourth-order valence-corrected chi connectivity index (χ4v) is 3.13. The van der Waals surface area contributed by atoms with E-state index in [1.807, 2.05) is 39.0 Å². The second kappa shape index (κ2) is 17.2. The molecule has 0 fully saturated rings. The lowest BCUT2D eigenvalue weighted by molar-refractivity contribution is -0.146. The van der Waals surface area contributed by atoms with E-state index in [4.69, 9.17) is 22.9 Å². The van der Waals surface area contributed by atoms with Gasteiger partial charge < -0.3 is 23.8 Å². The normalized spacial score (nSPS) is 10.2. The van der Waals surface area contributed by atoms with Gasteiger partial charge in [-0.15, -0.1) is 0 Å². The van der Waals surface area contributed by atoms with E-state index in [0.717, 1.165) is 10.7 Å². The van der Waals surface area contributed by atoms with Gasteiger partial charge in [0.2, 0.25) is 5.88 Å². The number of halogens is 1. The number of aryl methyl sites for hydroxylation is 1. The van der Waals surface area contributed by atoms with Crippen LogP contribution in [0.4, 0.5) is 15.3 Å². The molecule has 1 amide bonds. The summed E-state index contributed by atoms with van der Waals surface area (Å²) in [5, 5.41) is 2.16. The molecule has 3 aromatic heterocycles. The average Bonchev–Trinajstić information content (AvgIpc) is 3.49. The topological polar surface area (TPSA) is 159 Å². The van der Waals surface area contributed by atoms with Crippen molar-refractivity contribution in [3.8, 4) is 5.88 Å². The molecule has 0 bridgehead atoms. The second-order valence-corrected chi connectivity index (χ2v) is 9.49. The zero-order valence-electron chi connectivity index (χ0n) is 24.6. The summed E-state index contributed by atoms with van der Waals surface area (Å²) in [5.41, 5.74) is 1.28. The summed E-state index contributed by atoms with van der Waals surface area (Å²) in [5.74, 6) is -0.411. The third-order valence-electron chi connectivity index (χ3n) is 4.98. The molecule has 14 nitrogen and oxygen atoms in total. The van der Waals surface area contributed by atoms with Crippen molar-refractivity contribution in [3.63, 3.8) is 0 Å². The average molecular weight is 607 g/mol. The maximum atomic E-state index is 11.3. The number of carbonyl (C=O) groups is 4. The highest BCUT2D eigenvalue weighted by molar-refractivity contribution is 6.63. The van der Waals surface area contributed by atoms with Crippen LogP contribution in [-0.2, 0) is 29.2 Å². The summed E-state index contributed by atoms with van der Waals surface area (Å²) in [6.45, 7) is 17.9. The predicted molar refractivity (Wildman–Crippen MR) is 153 cm³/mol. The zero-order chi connectivity index (χ0) is 31.9. The van der Waals surface area contributed by atoms with E-state index in [-0.39, 0.29) is 43.3 Å². The van der Waals surface area contributed by atoms with Gasteiger partial charge in [0, 0.05) is 23.4 Å². The molecule has 0 saturated carbocycles. The van der Waals surface area contributed by atoms with Crippen molar-refractivity contribution in [3.05, 3.63) is 53.4 Å². The first-order valence-corrected chi connectivity index (χ1v) is 13.0. The molecule has 3 aromatic rings. The van der Waals surface area contributed by atoms with Crippen LogP contribution in [0.2, 0.25) is 0 Å². The smallest absolute Gasteiger partial charge is 0.465 e. The Balaban J connectivity index is 0.000000357. The third kappa shape index (κ3) is 11.1. The summed E-state index contributed by atoms with van der Waals surface area (Å²) in [6.07, 6.45) is 2.63. The Kier molecular flexibility index (Phi) is 14.5. The third-order valence-corrected chi connectivity index (χ3v) is 5.22. The molecule has 42 heavy (non-hydrogen) atoms.